The summed E-state index contributed by atoms with van der Waals surface area (Å²) in [5.41, 5.74) is -0.307. The highest BCUT2D eigenvalue weighted by Gasteiger charge is 2.59. The molecule has 0 amide bonds. The lowest BCUT2D eigenvalue weighted by atomic mass is 9.68. The maximum absolute atomic E-state index is 10.5. The first-order valence-electron chi connectivity index (χ1n) is 5.83. The monoisotopic (exact) mass is 180 g/mol. The van der Waals surface area contributed by atoms with Crippen molar-refractivity contribution < 1.29 is 5.11 Å². The Balaban J connectivity index is 2.01. The van der Waals surface area contributed by atoms with Crippen molar-refractivity contribution in [3.63, 3.8) is 0 Å². The molecule has 3 aliphatic rings. The summed E-state index contributed by atoms with van der Waals surface area (Å²) in [6.45, 7) is 4.49. The quantitative estimate of drug-likeness (QED) is 0.607. The average Bonchev–Trinajstić information content (AvgIpc) is 2.41. The van der Waals surface area contributed by atoms with Crippen LogP contribution in [0.4, 0.5) is 0 Å². The Hall–Kier alpha value is -0.0400. The fraction of sp³-hybridized carbons (Fsp3) is 1.00. The summed E-state index contributed by atoms with van der Waals surface area (Å²) in [6.07, 6.45) is 5.41. The Morgan fingerprint density at radius 2 is 1.85 bits per heavy atom. The minimum absolute atomic E-state index is 0.307. The minimum Gasteiger partial charge on any atom is -0.390 e. The summed E-state index contributed by atoms with van der Waals surface area (Å²) in [5, 5.41) is 10.5. The Kier molecular flexibility index (Phi) is 1.47. The average molecular weight is 180 g/mol. The zero-order valence-corrected chi connectivity index (χ0v) is 8.66. The number of rotatable bonds is 0. The molecular weight excluding hydrogens is 160 g/mol. The molecule has 0 aromatic carbocycles. The van der Waals surface area contributed by atoms with Crippen LogP contribution < -0.4 is 0 Å². The van der Waals surface area contributed by atoms with Crippen LogP contribution in [0.3, 0.4) is 0 Å². The van der Waals surface area contributed by atoms with Gasteiger partial charge in [0.1, 0.15) is 0 Å². The normalized spacial score (nSPS) is 64.4. The topological polar surface area (TPSA) is 20.2 Å². The third-order valence-electron chi connectivity index (χ3n) is 5.36. The van der Waals surface area contributed by atoms with Crippen LogP contribution in [0.1, 0.15) is 39.5 Å². The molecule has 1 nitrogen and oxygen atoms in total. The van der Waals surface area contributed by atoms with Crippen LogP contribution >= 0.6 is 0 Å². The smallest absolute Gasteiger partial charge is 0.0681 e. The molecule has 6 atom stereocenters. The molecule has 6 unspecified atom stereocenters. The highest BCUT2D eigenvalue weighted by atomic mass is 16.3. The minimum atomic E-state index is -0.307. The van der Waals surface area contributed by atoms with E-state index in [4.69, 9.17) is 0 Å². The van der Waals surface area contributed by atoms with Crippen molar-refractivity contribution in [3.8, 4) is 0 Å². The molecule has 3 fully saturated rings. The number of fused-ring (bicyclic) bond motifs is 6. The van der Waals surface area contributed by atoms with Crippen LogP contribution in [0.2, 0.25) is 0 Å². The van der Waals surface area contributed by atoms with Gasteiger partial charge in [0.05, 0.1) is 5.60 Å². The van der Waals surface area contributed by atoms with Crippen LogP contribution in [-0.4, -0.2) is 10.7 Å². The predicted molar refractivity (Wildman–Crippen MR) is 52.2 cm³/mol. The van der Waals surface area contributed by atoms with E-state index in [9.17, 15) is 5.11 Å². The molecule has 3 saturated carbocycles. The Labute approximate surface area is 80.5 Å². The van der Waals surface area contributed by atoms with Crippen molar-refractivity contribution in [2.45, 2.75) is 45.1 Å². The second kappa shape index (κ2) is 2.31. The number of aliphatic hydroxyl groups is 1. The van der Waals surface area contributed by atoms with Crippen molar-refractivity contribution in [1.82, 2.24) is 0 Å². The molecule has 0 saturated heterocycles. The van der Waals surface area contributed by atoms with Crippen LogP contribution in [0.5, 0.6) is 0 Å². The van der Waals surface area contributed by atoms with Gasteiger partial charge in [0, 0.05) is 0 Å². The van der Waals surface area contributed by atoms with Gasteiger partial charge in [-0.25, -0.2) is 0 Å². The fourth-order valence-electron chi connectivity index (χ4n) is 4.80. The standard InChI is InChI=1S/C12H20O/c1-7-5-8-6-9(7)11-4-3-10(8)12(11,2)13/h7-11,13H,3-6H2,1-2H3. The number of hydrogen-bond acceptors (Lipinski definition) is 1. The van der Waals surface area contributed by atoms with E-state index in [1.165, 1.54) is 25.7 Å². The first-order chi connectivity index (χ1) is 6.10. The highest BCUT2D eigenvalue weighted by molar-refractivity contribution is 5.09. The van der Waals surface area contributed by atoms with Crippen molar-refractivity contribution >= 4 is 0 Å². The fourth-order valence-corrected chi connectivity index (χ4v) is 4.80. The van der Waals surface area contributed by atoms with Crippen molar-refractivity contribution in [3.05, 3.63) is 0 Å². The lowest BCUT2D eigenvalue weighted by Crippen LogP contribution is -2.45. The van der Waals surface area contributed by atoms with E-state index < -0.39 is 0 Å². The lowest BCUT2D eigenvalue weighted by molar-refractivity contribution is -0.0744. The molecule has 0 radical (unpaired) electrons. The molecule has 3 rings (SSSR count). The lowest BCUT2D eigenvalue weighted by Gasteiger charge is -2.41. The summed E-state index contributed by atoms with van der Waals surface area (Å²) in [4.78, 5) is 0. The molecule has 4 bridgehead atoms. The van der Waals surface area contributed by atoms with E-state index in [2.05, 4.69) is 13.8 Å². The molecule has 74 valence electrons. The Morgan fingerprint density at radius 3 is 2.62 bits per heavy atom. The van der Waals surface area contributed by atoms with E-state index in [1.54, 1.807) is 0 Å². The summed E-state index contributed by atoms with van der Waals surface area (Å²) in [7, 11) is 0. The van der Waals surface area contributed by atoms with E-state index >= 15 is 0 Å². The van der Waals surface area contributed by atoms with Crippen LogP contribution in [-0.2, 0) is 0 Å². The highest BCUT2D eigenvalue weighted by Crippen LogP contribution is 2.62. The largest absolute Gasteiger partial charge is 0.390 e. The number of hydrogen-bond donors (Lipinski definition) is 1. The maximum atomic E-state index is 10.5. The van der Waals surface area contributed by atoms with Gasteiger partial charge in [-0.15, -0.1) is 0 Å². The predicted octanol–water partition coefficient (Wildman–Crippen LogP) is 2.44. The molecule has 0 aromatic heterocycles. The van der Waals surface area contributed by atoms with Crippen LogP contribution in [0.25, 0.3) is 0 Å². The second-order valence-electron chi connectivity index (χ2n) is 5.89. The van der Waals surface area contributed by atoms with Gasteiger partial charge in [0.2, 0.25) is 0 Å². The van der Waals surface area contributed by atoms with Crippen molar-refractivity contribution in [2.75, 3.05) is 0 Å². The van der Waals surface area contributed by atoms with Crippen LogP contribution in [0, 0.1) is 29.6 Å². The molecular formula is C12H20O. The van der Waals surface area contributed by atoms with E-state index in [-0.39, 0.29) is 5.60 Å². The summed E-state index contributed by atoms with van der Waals surface area (Å²) in [5.74, 6) is 3.85. The molecule has 13 heavy (non-hydrogen) atoms. The van der Waals surface area contributed by atoms with Gasteiger partial charge < -0.3 is 5.11 Å². The molecule has 0 spiro atoms. The van der Waals surface area contributed by atoms with Crippen LogP contribution in [0.15, 0.2) is 0 Å². The third-order valence-corrected chi connectivity index (χ3v) is 5.36. The molecule has 1 heteroatoms. The third kappa shape index (κ3) is 0.869. The van der Waals surface area contributed by atoms with Gasteiger partial charge in [-0.3, -0.25) is 0 Å². The molecule has 0 aliphatic heterocycles. The van der Waals surface area contributed by atoms with E-state index in [0.29, 0.717) is 11.8 Å². The molecule has 1 N–H and O–H groups in total. The second-order valence-corrected chi connectivity index (χ2v) is 5.89. The van der Waals surface area contributed by atoms with Crippen molar-refractivity contribution in [2.24, 2.45) is 29.6 Å². The summed E-state index contributed by atoms with van der Waals surface area (Å²) in [6, 6.07) is 0. The zero-order valence-electron chi connectivity index (χ0n) is 8.66. The molecule has 3 aliphatic carbocycles. The maximum Gasteiger partial charge on any atom is 0.0681 e. The van der Waals surface area contributed by atoms with Gasteiger partial charge in [0.25, 0.3) is 0 Å². The van der Waals surface area contributed by atoms with Gasteiger partial charge >= 0.3 is 0 Å². The van der Waals surface area contributed by atoms with Crippen molar-refractivity contribution in [1.29, 1.82) is 0 Å². The summed E-state index contributed by atoms with van der Waals surface area (Å²) >= 11 is 0. The van der Waals surface area contributed by atoms with Gasteiger partial charge in [-0.2, -0.15) is 0 Å². The zero-order chi connectivity index (χ0) is 9.22. The van der Waals surface area contributed by atoms with Gasteiger partial charge in [-0.1, -0.05) is 6.92 Å². The van der Waals surface area contributed by atoms with E-state index in [0.717, 1.165) is 17.8 Å². The first kappa shape index (κ1) is 8.28. The summed E-state index contributed by atoms with van der Waals surface area (Å²) < 4.78 is 0. The van der Waals surface area contributed by atoms with Gasteiger partial charge in [-0.05, 0) is 62.2 Å². The first-order valence-corrected chi connectivity index (χ1v) is 5.83. The molecule has 0 heterocycles. The van der Waals surface area contributed by atoms with Gasteiger partial charge in [0.15, 0.2) is 0 Å². The Bertz CT molecular complexity index is 233. The van der Waals surface area contributed by atoms with E-state index in [1.807, 2.05) is 0 Å². The SMILES string of the molecule is CC1CC2CC1C1CCC2C1(C)O. The molecule has 0 aromatic rings. The Morgan fingerprint density at radius 1 is 1.15 bits per heavy atom.